The number of nitrogens with one attached hydrogen (secondary N) is 1. The van der Waals surface area contributed by atoms with Crippen LogP contribution in [-0.2, 0) is 16.1 Å². The quantitative estimate of drug-likeness (QED) is 0.602. The molecule has 150 valence electrons. The van der Waals surface area contributed by atoms with E-state index in [1.165, 1.54) is 17.4 Å². The van der Waals surface area contributed by atoms with Gasteiger partial charge < -0.3 is 4.74 Å². The lowest BCUT2D eigenvalue weighted by Crippen LogP contribution is -2.29. The number of ether oxygens (including phenoxy) is 1. The molecule has 8 nitrogen and oxygen atoms in total. The molecule has 0 bridgehead atoms. The molecule has 1 aliphatic rings. The van der Waals surface area contributed by atoms with Gasteiger partial charge >= 0.3 is 0 Å². The predicted octanol–water partition coefficient (Wildman–Crippen LogP) is 2.97. The predicted molar refractivity (Wildman–Crippen MR) is 112 cm³/mol. The minimum Gasteiger partial charge on any atom is -0.371 e. The average molecular weight is 430 g/mol. The third-order valence-corrected chi connectivity index (χ3v) is 6.11. The second-order valence-corrected chi connectivity index (χ2v) is 8.33. The van der Waals surface area contributed by atoms with Gasteiger partial charge in [-0.25, -0.2) is 4.68 Å². The first-order chi connectivity index (χ1) is 14.1. The number of amides is 1. The number of aromatic nitrogens is 4. The summed E-state index contributed by atoms with van der Waals surface area (Å²) in [4.78, 5) is 25.7. The van der Waals surface area contributed by atoms with E-state index in [1.807, 2.05) is 30.5 Å². The van der Waals surface area contributed by atoms with E-state index >= 15 is 0 Å². The van der Waals surface area contributed by atoms with Crippen molar-refractivity contribution in [3.8, 4) is 11.3 Å². The van der Waals surface area contributed by atoms with E-state index in [0.29, 0.717) is 10.8 Å². The Kier molecular flexibility index (Phi) is 6.02. The lowest BCUT2D eigenvalue weighted by atomic mass is 10.1. The molecule has 1 aliphatic heterocycles. The van der Waals surface area contributed by atoms with E-state index in [0.717, 1.165) is 39.6 Å². The van der Waals surface area contributed by atoms with Gasteiger partial charge in [-0.05, 0) is 37.3 Å². The number of hydrogen-bond acceptors (Lipinski definition) is 8. The van der Waals surface area contributed by atoms with E-state index < -0.39 is 0 Å². The van der Waals surface area contributed by atoms with Crippen molar-refractivity contribution in [2.75, 3.05) is 18.2 Å². The zero-order valence-electron chi connectivity index (χ0n) is 15.7. The molecule has 4 rings (SSSR count). The largest absolute Gasteiger partial charge is 0.371 e. The molecule has 1 saturated heterocycles. The lowest BCUT2D eigenvalue weighted by molar-refractivity contribution is -0.117. The summed E-state index contributed by atoms with van der Waals surface area (Å²) in [6.45, 7) is 0.515. The van der Waals surface area contributed by atoms with Crippen molar-refractivity contribution < 1.29 is 9.53 Å². The number of benzene rings is 1. The maximum absolute atomic E-state index is 12.4. The Morgan fingerprint density at radius 3 is 2.83 bits per heavy atom. The maximum Gasteiger partial charge on any atom is 0.267 e. The number of rotatable bonds is 6. The molecule has 1 amide bonds. The van der Waals surface area contributed by atoms with Crippen molar-refractivity contribution in [3.63, 3.8) is 0 Å². The van der Waals surface area contributed by atoms with Crippen LogP contribution in [0, 0.1) is 0 Å². The molecule has 29 heavy (non-hydrogen) atoms. The molecule has 0 spiro atoms. The number of carbonyl (C=O) groups is 1. The van der Waals surface area contributed by atoms with Gasteiger partial charge in [0.1, 0.15) is 17.7 Å². The third-order valence-electron chi connectivity index (χ3n) is 4.44. The van der Waals surface area contributed by atoms with E-state index in [2.05, 4.69) is 20.6 Å². The summed E-state index contributed by atoms with van der Waals surface area (Å²) >= 11 is 2.94. The molecular formula is C19H19N5O3S2. The van der Waals surface area contributed by atoms with Gasteiger partial charge in [-0.1, -0.05) is 23.5 Å². The van der Waals surface area contributed by atoms with Crippen LogP contribution in [0.1, 0.15) is 24.0 Å². The summed E-state index contributed by atoms with van der Waals surface area (Å²) in [5, 5.41) is 16.2. The first kappa shape index (κ1) is 19.7. The molecule has 1 fully saturated rings. The Bertz CT molecular complexity index is 1060. The molecule has 1 N–H and O–H groups in total. The second-order valence-electron chi connectivity index (χ2n) is 6.44. The Hall–Kier alpha value is -2.56. The first-order valence-corrected chi connectivity index (χ1v) is 11.1. The van der Waals surface area contributed by atoms with Crippen molar-refractivity contribution >= 4 is 34.1 Å². The highest BCUT2D eigenvalue weighted by Gasteiger charge is 2.22. The molecule has 3 aromatic rings. The SMILES string of the molecule is CSc1ccc(-c2ccc(=O)n(CC(=O)Nc3nnc(C4CCCO4)s3)n2)cc1. The van der Waals surface area contributed by atoms with Crippen molar-refractivity contribution in [3.05, 3.63) is 51.8 Å². The minimum atomic E-state index is -0.385. The molecule has 1 unspecified atom stereocenters. The number of carbonyl (C=O) groups excluding carboxylic acids is 1. The van der Waals surface area contributed by atoms with Gasteiger partial charge in [-0.3, -0.25) is 14.9 Å². The summed E-state index contributed by atoms with van der Waals surface area (Å²) in [6, 6.07) is 10.9. The Morgan fingerprint density at radius 2 is 2.10 bits per heavy atom. The smallest absolute Gasteiger partial charge is 0.267 e. The van der Waals surface area contributed by atoms with Crippen molar-refractivity contribution in [1.82, 2.24) is 20.0 Å². The molecule has 1 atom stereocenters. The molecule has 3 heterocycles. The summed E-state index contributed by atoms with van der Waals surface area (Å²) in [5.41, 5.74) is 1.16. The number of nitrogens with zero attached hydrogens (tertiary/aromatic N) is 4. The third kappa shape index (κ3) is 4.72. The van der Waals surface area contributed by atoms with Crippen LogP contribution in [0.25, 0.3) is 11.3 Å². The summed E-state index contributed by atoms with van der Waals surface area (Å²) in [6.07, 6.45) is 3.87. The van der Waals surface area contributed by atoms with Crippen molar-refractivity contribution in [2.24, 2.45) is 0 Å². The van der Waals surface area contributed by atoms with Crippen LogP contribution in [-0.4, -0.2) is 38.7 Å². The highest BCUT2D eigenvalue weighted by molar-refractivity contribution is 7.98. The monoisotopic (exact) mass is 429 g/mol. The zero-order chi connectivity index (χ0) is 20.2. The summed E-state index contributed by atoms with van der Waals surface area (Å²) < 4.78 is 6.72. The van der Waals surface area contributed by atoms with E-state index in [9.17, 15) is 9.59 Å². The molecule has 0 saturated carbocycles. The molecule has 0 radical (unpaired) electrons. The maximum atomic E-state index is 12.4. The fraction of sp³-hybridized carbons (Fsp3) is 0.316. The van der Waals surface area contributed by atoms with Crippen LogP contribution in [0.15, 0.2) is 46.1 Å². The van der Waals surface area contributed by atoms with E-state index in [1.54, 1.807) is 17.8 Å². The van der Waals surface area contributed by atoms with Gasteiger partial charge in [0.2, 0.25) is 11.0 Å². The van der Waals surface area contributed by atoms with Gasteiger partial charge in [-0.2, -0.15) is 5.10 Å². The average Bonchev–Trinajstić information content (AvgIpc) is 3.41. The van der Waals surface area contributed by atoms with Gasteiger partial charge in [0.15, 0.2) is 0 Å². The Labute approximate surface area is 175 Å². The molecule has 1 aromatic carbocycles. The Balaban J connectivity index is 1.45. The zero-order valence-corrected chi connectivity index (χ0v) is 17.3. The fourth-order valence-corrected chi connectivity index (χ4v) is 4.21. The molecule has 10 heteroatoms. The van der Waals surface area contributed by atoms with Gasteiger partial charge in [0.25, 0.3) is 5.56 Å². The van der Waals surface area contributed by atoms with Crippen molar-refractivity contribution in [1.29, 1.82) is 0 Å². The second kappa shape index (κ2) is 8.85. The highest BCUT2D eigenvalue weighted by Crippen LogP contribution is 2.31. The number of hydrogen-bond donors (Lipinski definition) is 1. The lowest BCUT2D eigenvalue weighted by Gasteiger charge is -2.07. The topological polar surface area (TPSA) is 99.0 Å². The van der Waals surface area contributed by atoms with Crippen LogP contribution in [0.2, 0.25) is 0 Å². The van der Waals surface area contributed by atoms with Gasteiger partial charge in [0.05, 0.1) is 5.69 Å². The van der Waals surface area contributed by atoms with Gasteiger partial charge in [0, 0.05) is 23.1 Å². The minimum absolute atomic E-state index is 0.0448. The molecular weight excluding hydrogens is 410 g/mol. The summed E-state index contributed by atoms with van der Waals surface area (Å²) in [7, 11) is 0. The van der Waals surface area contributed by atoms with Crippen LogP contribution >= 0.6 is 23.1 Å². The van der Waals surface area contributed by atoms with Crippen LogP contribution < -0.4 is 10.9 Å². The van der Waals surface area contributed by atoms with Gasteiger partial charge in [-0.15, -0.1) is 22.0 Å². The molecule has 2 aromatic heterocycles. The van der Waals surface area contributed by atoms with Crippen LogP contribution in [0.3, 0.4) is 0 Å². The normalized spacial score (nSPS) is 16.1. The Morgan fingerprint density at radius 1 is 1.28 bits per heavy atom. The van der Waals surface area contributed by atoms with Crippen LogP contribution in [0.4, 0.5) is 5.13 Å². The molecule has 0 aliphatic carbocycles. The first-order valence-electron chi connectivity index (χ1n) is 9.10. The highest BCUT2D eigenvalue weighted by atomic mass is 32.2. The fourth-order valence-electron chi connectivity index (χ4n) is 2.96. The standard InChI is InChI=1S/C19H19N5O3S2/c1-28-13-6-4-12(5-7-13)14-8-9-17(26)24(23-14)11-16(25)20-19-22-21-18(29-19)15-3-2-10-27-15/h4-9,15H,2-3,10-11H2,1H3,(H,20,22,25). The van der Waals surface area contributed by atoms with E-state index in [4.69, 9.17) is 4.74 Å². The number of thioether (sulfide) groups is 1. The number of anilines is 1. The van der Waals surface area contributed by atoms with E-state index in [-0.39, 0.29) is 24.1 Å². The van der Waals surface area contributed by atoms with Crippen LogP contribution in [0.5, 0.6) is 0 Å². The van der Waals surface area contributed by atoms with Crippen molar-refractivity contribution in [2.45, 2.75) is 30.4 Å². The summed E-state index contributed by atoms with van der Waals surface area (Å²) in [5.74, 6) is -0.385.